The van der Waals surface area contributed by atoms with Crippen molar-refractivity contribution in [1.29, 1.82) is 0 Å². The summed E-state index contributed by atoms with van der Waals surface area (Å²) < 4.78 is 18.7. The van der Waals surface area contributed by atoms with Crippen LogP contribution >= 0.6 is 11.6 Å². The highest BCUT2D eigenvalue weighted by Crippen LogP contribution is 2.27. The number of carbonyl (C=O) groups is 1. The maximum Gasteiger partial charge on any atom is 0.255 e. The molecular formula is C15H14ClFN2O2. The highest BCUT2D eigenvalue weighted by atomic mass is 35.5. The highest BCUT2D eigenvalue weighted by molar-refractivity contribution is 6.34. The minimum atomic E-state index is -0.531. The normalized spacial score (nSPS) is 10.3. The lowest BCUT2D eigenvalue weighted by atomic mass is 10.1. The van der Waals surface area contributed by atoms with E-state index < -0.39 is 11.7 Å². The Hall–Kier alpha value is -2.27. The van der Waals surface area contributed by atoms with Crippen molar-refractivity contribution in [3.63, 3.8) is 0 Å². The van der Waals surface area contributed by atoms with Crippen molar-refractivity contribution in [2.75, 3.05) is 18.2 Å². The SMILES string of the molecule is COc1ccc(Cl)c(NC(=O)c2cc(N)c(C)c(F)c2)c1. The number of methoxy groups -OCH3 is 1. The third-order valence-electron chi connectivity index (χ3n) is 3.07. The van der Waals surface area contributed by atoms with Crippen LogP contribution in [0, 0.1) is 12.7 Å². The fourth-order valence-corrected chi connectivity index (χ4v) is 1.92. The van der Waals surface area contributed by atoms with Gasteiger partial charge in [-0.1, -0.05) is 11.6 Å². The summed E-state index contributed by atoms with van der Waals surface area (Å²) in [7, 11) is 1.50. The van der Waals surface area contributed by atoms with E-state index in [9.17, 15) is 9.18 Å². The van der Waals surface area contributed by atoms with Crippen LogP contribution in [0.1, 0.15) is 15.9 Å². The Morgan fingerprint density at radius 3 is 2.67 bits per heavy atom. The molecule has 3 N–H and O–H groups in total. The number of halogens is 2. The van der Waals surface area contributed by atoms with Crippen LogP contribution in [0.5, 0.6) is 5.75 Å². The first kappa shape index (κ1) is 15.1. The Morgan fingerprint density at radius 2 is 2.05 bits per heavy atom. The van der Waals surface area contributed by atoms with Crippen LogP contribution in [0.3, 0.4) is 0 Å². The monoisotopic (exact) mass is 308 g/mol. The molecule has 1 amide bonds. The smallest absolute Gasteiger partial charge is 0.255 e. The predicted octanol–water partition coefficient (Wildman–Crippen LogP) is 3.63. The van der Waals surface area contributed by atoms with E-state index in [4.69, 9.17) is 22.1 Å². The molecular weight excluding hydrogens is 295 g/mol. The molecule has 4 nitrogen and oxygen atoms in total. The summed E-state index contributed by atoms with van der Waals surface area (Å²) in [6.45, 7) is 1.55. The molecule has 2 aromatic carbocycles. The van der Waals surface area contributed by atoms with Gasteiger partial charge in [0, 0.05) is 22.9 Å². The van der Waals surface area contributed by atoms with Crippen molar-refractivity contribution in [3.05, 3.63) is 52.3 Å². The van der Waals surface area contributed by atoms with Crippen LogP contribution in [-0.2, 0) is 0 Å². The predicted molar refractivity (Wildman–Crippen MR) is 81.5 cm³/mol. The lowest BCUT2D eigenvalue weighted by Gasteiger charge is -2.10. The topological polar surface area (TPSA) is 64.3 Å². The third-order valence-corrected chi connectivity index (χ3v) is 3.40. The molecule has 0 unspecified atom stereocenters. The molecule has 110 valence electrons. The van der Waals surface area contributed by atoms with Gasteiger partial charge in [0.1, 0.15) is 11.6 Å². The van der Waals surface area contributed by atoms with Crippen molar-refractivity contribution in [1.82, 2.24) is 0 Å². The number of ether oxygens (including phenoxy) is 1. The molecule has 0 fully saturated rings. The van der Waals surface area contributed by atoms with Gasteiger partial charge in [-0.15, -0.1) is 0 Å². The fraction of sp³-hybridized carbons (Fsp3) is 0.133. The summed E-state index contributed by atoms with van der Waals surface area (Å²) >= 11 is 6.00. The second kappa shape index (κ2) is 6.01. The number of nitrogens with two attached hydrogens (primary N) is 1. The van der Waals surface area contributed by atoms with E-state index in [1.54, 1.807) is 25.1 Å². The maximum absolute atomic E-state index is 13.6. The Labute approximate surface area is 126 Å². The van der Waals surface area contributed by atoms with Gasteiger partial charge in [0.2, 0.25) is 0 Å². The number of rotatable bonds is 3. The molecule has 0 aliphatic carbocycles. The Morgan fingerprint density at radius 1 is 1.33 bits per heavy atom. The van der Waals surface area contributed by atoms with Crippen LogP contribution in [0.25, 0.3) is 0 Å². The van der Waals surface area contributed by atoms with E-state index in [0.29, 0.717) is 22.0 Å². The summed E-state index contributed by atoms with van der Waals surface area (Å²) in [5.41, 5.74) is 6.69. The average molecular weight is 309 g/mol. The second-order valence-electron chi connectivity index (χ2n) is 4.47. The second-order valence-corrected chi connectivity index (χ2v) is 4.88. The number of benzene rings is 2. The molecule has 0 radical (unpaired) electrons. The summed E-state index contributed by atoms with van der Waals surface area (Å²) in [5.74, 6) is -0.489. The Bertz CT molecular complexity index is 681. The van der Waals surface area contributed by atoms with Crippen LogP contribution in [0.15, 0.2) is 30.3 Å². The first-order valence-electron chi connectivity index (χ1n) is 6.13. The molecule has 0 spiro atoms. The third kappa shape index (κ3) is 3.25. The van der Waals surface area contributed by atoms with Gasteiger partial charge in [0.05, 0.1) is 17.8 Å². The van der Waals surface area contributed by atoms with Gasteiger partial charge in [0.15, 0.2) is 0 Å². The van der Waals surface area contributed by atoms with Crippen molar-refractivity contribution >= 4 is 28.9 Å². The fourth-order valence-electron chi connectivity index (χ4n) is 1.75. The quantitative estimate of drug-likeness (QED) is 0.851. The Kier molecular flexibility index (Phi) is 4.33. The van der Waals surface area contributed by atoms with Crippen molar-refractivity contribution in [2.45, 2.75) is 6.92 Å². The molecule has 0 heterocycles. The lowest BCUT2D eigenvalue weighted by molar-refractivity contribution is 0.102. The number of nitrogens with one attached hydrogen (secondary N) is 1. The molecule has 2 rings (SSSR count). The molecule has 0 atom stereocenters. The lowest BCUT2D eigenvalue weighted by Crippen LogP contribution is -2.13. The molecule has 6 heteroatoms. The first-order chi connectivity index (χ1) is 9.92. The zero-order valence-electron chi connectivity index (χ0n) is 11.5. The van der Waals surface area contributed by atoms with Gasteiger partial charge >= 0.3 is 0 Å². The number of anilines is 2. The van der Waals surface area contributed by atoms with Gasteiger partial charge in [-0.25, -0.2) is 4.39 Å². The molecule has 0 bridgehead atoms. The van der Waals surface area contributed by atoms with Crippen molar-refractivity contribution in [2.24, 2.45) is 0 Å². The van der Waals surface area contributed by atoms with Gasteiger partial charge in [0.25, 0.3) is 5.91 Å². The molecule has 21 heavy (non-hydrogen) atoms. The number of carbonyl (C=O) groups excluding carboxylic acids is 1. The maximum atomic E-state index is 13.6. The summed E-state index contributed by atoms with van der Waals surface area (Å²) in [5, 5.41) is 2.95. The zero-order chi connectivity index (χ0) is 15.6. The van der Waals surface area contributed by atoms with Crippen LogP contribution in [0.4, 0.5) is 15.8 Å². The van der Waals surface area contributed by atoms with Gasteiger partial charge < -0.3 is 15.8 Å². The molecule has 2 aromatic rings. The molecule has 0 aliphatic rings. The molecule has 0 aliphatic heterocycles. The number of hydrogen-bond donors (Lipinski definition) is 2. The van der Waals surface area contributed by atoms with Crippen LogP contribution in [0.2, 0.25) is 5.02 Å². The summed E-state index contributed by atoms with van der Waals surface area (Å²) in [4.78, 5) is 12.1. The molecule has 0 saturated heterocycles. The van der Waals surface area contributed by atoms with E-state index in [1.165, 1.54) is 13.2 Å². The summed E-state index contributed by atoms with van der Waals surface area (Å²) in [6.07, 6.45) is 0. The van der Waals surface area contributed by atoms with Gasteiger partial charge in [-0.05, 0) is 31.2 Å². The molecule has 0 saturated carbocycles. The van der Waals surface area contributed by atoms with E-state index in [1.807, 2.05) is 0 Å². The largest absolute Gasteiger partial charge is 0.497 e. The highest BCUT2D eigenvalue weighted by Gasteiger charge is 2.13. The molecule has 0 aromatic heterocycles. The van der Waals surface area contributed by atoms with Crippen molar-refractivity contribution in [3.8, 4) is 5.75 Å². The number of nitrogen functional groups attached to an aromatic ring is 1. The van der Waals surface area contributed by atoms with E-state index in [2.05, 4.69) is 5.32 Å². The minimum absolute atomic E-state index is 0.120. The van der Waals surface area contributed by atoms with Gasteiger partial charge in [-0.2, -0.15) is 0 Å². The number of amides is 1. The first-order valence-corrected chi connectivity index (χ1v) is 6.50. The standard InChI is InChI=1S/C15H14ClFN2O2/c1-8-12(17)5-9(6-13(8)18)15(20)19-14-7-10(21-2)3-4-11(14)16/h3-7H,18H2,1-2H3,(H,19,20). The van der Waals surface area contributed by atoms with Crippen LogP contribution < -0.4 is 15.8 Å². The van der Waals surface area contributed by atoms with Crippen molar-refractivity contribution < 1.29 is 13.9 Å². The van der Waals surface area contributed by atoms with Crippen LogP contribution in [-0.4, -0.2) is 13.0 Å². The van der Waals surface area contributed by atoms with Gasteiger partial charge in [-0.3, -0.25) is 4.79 Å². The Balaban J connectivity index is 2.30. The van der Waals surface area contributed by atoms with E-state index in [-0.39, 0.29) is 11.3 Å². The zero-order valence-corrected chi connectivity index (χ0v) is 12.3. The average Bonchev–Trinajstić information content (AvgIpc) is 2.46. The number of hydrogen-bond acceptors (Lipinski definition) is 3. The summed E-state index contributed by atoms with van der Waals surface area (Å²) in [6, 6.07) is 7.40. The minimum Gasteiger partial charge on any atom is -0.497 e. The van der Waals surface area contributed by atoms with E-state index in [0.717, 1.165) is 6.07 Å². The van der Waals surface area contributed by atoms with E-state index >= 15 is 0 Å².